The van der Waals surface area contributed by atoms with Crippen molar-refractivity contribution < 1.29 is 0 Å². The van der Waals surface area contributed by atoms with Gasteiger partial charge in [-0.1, -0.05) is 0 Å². The van der Waals surface area contributed by atoms with Crippen molar-refractivity contribution in [2.75, 3.05) is 19.5 Å². The van der Waals surface area contributed by atoms with Crippen molar-refractivity contribution >= 4 is 13.4 Å². The Morgan fingerprint density at radius 2 is 2.27 bits per heavy atom. The quantitative estimate of drug-likeness (QED) is 0.392. The molecule has 0 bridgehead atoms. The number of unbranched alkanes of at least 4 members (excludes halogenated alkanes) is 1. The molecule has 0 saturated heterocycles. The van der Waals surface area contributed by atoms with E-state index in [1.54, 1.807) is 0 Å². The molecule has 1 nitrogen and oxygen atoms in total. The molecule has 0 N–H and O–H groups in total. The van der Waals surface area contributed by atoms with Gasteiger partial charge in [-0.25, -0.2) is 0 Å². The summed E-state index contributed by atoms with van der Waals surface area (Å²) in [6.45, 7) is 13.7. The molecule has 0 aliphatic carbocycles. The summed E-state index contributed by atoms with van der Waals surface area (Å²) in [6.07, 6.45) is 5.44. The summed E-state index contributed by atoms with van der Waals surface area (Å²) < 4.78 is 0. The van der Waals surface area contributed by atoms with Crippen LogP contribution in [0.3, 0.4) is 0 Å². The first-order valence-corrected chi connectivity index (χ1v) is 4.29. The zero-order valence-corrected chi connectivity index (χ0v) is 7.55. The topological polar surface area (TPSA) is 3.24 Å². The summed E-state index contributed by atoms with van der Waals surface area (Å²) in [5.74, 6) is 0. The number of nitrogens with zero attached hydrogens (tertiary/aromatic N) is 1. The van der Waals surface area contributed by atoms with Crippen molar-refractivity contribution in [1.82, 2.24) is 4.90 Å². The molecule has 0 rings (SSSR count). The number of hydrogen-bond acceptors (Lipinski definition) is 1. The SMILES string of the molecule is C=BCN(CC=C)CCCC. The van der Waals surface area contributed by atoms with Gasteiger partial charge in [0, 0.05) is 0 Å². The summed E-state index contributed by atoms with van der Waals surface area (Å²) in [6, 6.07) is 0. The van der Waals surface area contributed by atoms with Crippen LogP contribution in [0.5, 0.6) is 0 Å². The predicted molar refractivity (Wildman–Crippen MR) is 54.4 cm³/mol. The molecule has 0 aliphatic heterocycles. The molecule has 0 heterocycles. The molecular weight excluding hydrogens is 133 g/mol. The van der Waals surface area contributed by atoms with E-state index in [2.05, 4.69) is 24.9 Å². The molecule has 0 amide bonds. The Labute approximate surface area is 71.0 Å². The molecule has 0 spiro atoms. The van der Waals surface area contributed by atoms with Crippen LogP contribution in [-0.2, 0) is 0 Å². The second-order valence-corrected chi connectivity index (χ2v) is 2.69. The first-order valence-electron chi connectivity index (χ1n) is 4.29. The van der Waals surface area contributed by atoms with Gasteiger partial charge in [0.2, 0.25) is 0 Å². The Morgan fingerprint density at radius 3 is 2.73 bits per heavy atom. The summed E-state index contributed by atoms with van der Waals surface area (Å²) in [5.41, 5.74) is 0. The van der Waals surface area contributed by atoms with Crippen LogP contribution >= 0.6 is 0 Å². The van der Waals surface area contributed by atoms with Crippen molar-refractivity contribution in [1.29, 1.82) is 0 Å². The molecule has 0 radical (unpaired) electrons. The van der Waals surface area contributed by atoms with Crippen molar-refractivity contribution in [3.8, 4) is 0 Å². The Hall–Kier alpha value is -0.365. The van der Waals surface area contributed by atoms with Crippen LogP contribution in [0.4, 0.5) is 0 Å². The molecule has 11 heavy (non-hydrogen) atoms. The van der Waals surface area contributed by atoms with E-state index >= 15 is 0 Å². The standard InChI is InChI=1S/C9H18BN/c1-4-6-8-11(7-5-2)9-10-3/h5H,2-4,6-9H2,1H3. The van der Waals surface area contributed by atoms with Crippen molar-refractivity contribution in [3.05, 3.63) is 12.7 Å². The Bertz CT molecular complexity index is 102. The van der Waals surface area contributed by atoms with Crippen LogP contribution < -0.4 is 0 Å². The fourth-order valence-corrected chi connectivity index (χ4v) is 1.00. The molecular formula is C9H18BN. The molecule has 0 aromatic rings. The van der Waals surface area contributed by atoms with Crippen molar-refractivity contribution in [2.45, 2.75) is 19.8 Å². The van der Waals surface area contributed by atoms with Gasteiger partial charge in [0.15, 0.2) is 0 Å². The number of hydrogen-bond donors (Lipinski definition) is 0. The van der Waals surface area contributed by atoms with Gasteiger partial charge >= 0.3 is 70.2 Å². The van der Waals surface area contributed by atoms with Gasteiger partial charge in [0.25, 0.3) is 0 Å². The molecule has 0 aromatic carbocycles. The summed E-state index contributed by atoms with van der Waals surface area (Å²) in [7, 11) is 0. The molecule has 0 fully saturated rings. The zero-order chi connectivity index (χ0) is 8.53. The second-order valence-electron chi connectivity index (χ2n) is 2.69. The van der Waals surface area contributed by atoms with E-state index < -0.39 is 0 Å². The van der Waals surface area contributed by atoms with Gasteiger partial charge in [-0.05, 0) is 0 Å². The van der Waals surface area contributed by atoms with E-state index in [0.717, 1.165) is 19.5 Å². The molecule has 62 valence electrons. The van der Waals surface area contributed by atoms with E-state index in [0.29, 0.717) is 0 Å². The molecule has 0 aliphatic rings. The molecule has 0 saturated carbocycles. The average molecular weight is 151 g/mol. The monoisotopic (exact) mass is 151 g/mol. The van der Waals surface area contributed by atoms with Gasteiger partial charge in [0.05, 0.1) is 0 Å². The van der Waals surface area contributed by atoms with Gasteiger partial charge in [-0.15, -0.1) is 0 Å². The van der Waals surface area contributed by atoms with Crippen LogP contribution in [0.2, 0.25) is 0 Å². The number of rotatable bonds is 7. The van der Waals surface area contributed by atoms with Gasteiger partial charge in [-0.3, -0.25) is 0 Å². The third-order valence-electron chi connectivity index (χ3n) is 1.60. The van der Waals surface area contributed by atoms with Crippen molar-refractivity contribution in [3.63, 3.8) is 0 Å². The summed E-state index contributed by atoms with van der Waals surface area (Å²) >= 11 is 0. The molecule has 0 unspecified atom stereocenters. The fourth-order valence-electron chi connectivity index (χ4n) is 1.00. The maximum absolute atomic E-state index is 3.71. The second kappa shape index (κ2) is 7.74. The van der Waals surface area contributed by atoms with Crippen LogP contribution in [0, 0.1) is 0 Å². The minimum atomic E-state index is 0.978. The summed E-state index contributed by atoms with van der Waals surface area (Å²) in [5, 5.41) is 0. The first kappa shape index (κ1) is 10.6. The molecule has 0 atom stereocenters. The minimum absolute atomic E-state index is 0.978. The van der Waals surface area contributed by atoms with Gasteiger partial charge < -0.3 is 0 Å². The van der Waals surface area contributed by atoms with Gasteiger partial charge in [-0.2, -0.15) is 0 Å². The van der Waals surface area contributed by atoms with Crippen LogP contribution in [0.25, 0.3) is 0 Å². The van der Waals surface area contributed by atoms with E-state index in [1.807, 2.05) is 13.0 Å². The third-order valence-corrected chi connectivity index (χ3v) is 1.60. The van der Waals surface area contributed by atoms with Crippen LogP contribution in [-0.4, -0.2) is 37.8 Å². The Balaban J connectivity index is 3.49. The van der Waals surface area contributed by atoms with Crippen molar-refractivity contribution in [2.24, 2.45) is 0 Å². The van der Waals surface area contributed by atoms with E-state index in [4.69, 9.17) is 0 Å². The van der Waals surface area contributed by atoms with Gasteiger partial charge in [0.1, 0.15) is 0 Å². The average Bonchev–Trinajstić information content (AvgIpc) is 2.01. The van der Waals surface area contributed by atoms with Crippen LogP contribution in [0.15, 0.2) is 12.7 Å². The third kappa shape index (κ3) is 6.05. The molecule has 2 heteroatoms. The summed E-state index contributed by atoms with van der Waals surface area (Å²) in [4.78, 5) is 2.34. The first-order chi connectivity index (χ1) is 5.35. The Morgan fingerprint density at radius 1 is 1.55 bits per heavy atom. The zero-order valence-electron chi connectivity index (χ0n) is 7.55. The van der Waals surface area contributed by atoms with Crippen LogP contribution in [0.1, 0.15) is 19.8 Å². The molecule has 0 aromatic heterocycles. The predicted octanol–water partition coefficient (Wildman–Crippen LogP) is 1.37. The van der Waals surface area contributed by atoms with E-state index in [9.17, 15) is 0 Å². The van der Waals surface area contributed by atoms with E-state index in [-0.39, 0.29) is 0 Å². The fraction of sp³-hybridized carbons (Fsp3) is 0.667. The maximum atomic E-state index is 3.71. The normalized spacial score (nSPS) is 9.64. The van der Waals surface area contributed by atoms with E-state index in [1.165, 1.54) is 12.8 Å². The Kier molecular flexibility index (Phi) is 7.48.